The molecule has 0 spiro atoms. The van der Waals surface area contributed by atoms with Crippen LogP contribution in [0.3, 0.4) is 0 Å². The molecule has 1 aliphatic heterocycles. The van der Waals surface area contributed by atoms with E-state index in [9.17, 15) is 20.4 Å². The number of rotatable bonds is 12. The third kappa shape index (κ3) is 14.5. The molecular weight excluding hydrogens is 498 g/mol. The van der Waals surface area contributed by atoms with Crippen molar-refractivity contribution in [2.45, 2.75) is 50.2 Å². The number of β-amino-alcohol motifs (C(OH)–C–C–N with tert-alkyl or cyclic N) is 4. The fourth-order valence-electron chi connectivity index (χ4n) is 4.35. The summed E-state index contributed by atoms with van der Waals surface area (Å²) in [6, 6.07) is 5.83. The summed E-state index contributed by atoms with van der Waals surface area (Å²) in [5, 5.41) is 41.8. The summed E-state index contributed by atoms with van der Waals surface area (Å²) in [4.78, 5) is 13.4. The molecule has 0 radical (unpaired) electrons. The first kappa shape index (κ1) is 31.7. The van der Waals surface area contributed by atoms with Crippen LogP contribution < -0.4 is 0 Å². The Kier molecular flexibility index (Phi) is 15.8. The first-order chi connectivity index (χ1) is 17.2. The predicted octanol–water partition coefficient (Wildman–Crippen LogP) is 0.547. The zero-order valence-corrected chi connectivity index (χ0v) is 23.8. The lowest BCUT2D eigenvalue weighted by molar-refractivity contribution is 0.0581. The second kappa shape index (κ2) is 17.9. The zero-order valence-electron chi connectivity index (χ0n) is 22.2. The number of hydrogen-bond donors (Lipinski definition) is 4. The molecule has 0 unspecified atom stereocenters. The molecule has 1 aromatic heterocycles. The second-order valence-electron chi connectivity index (χ2n) is 9.94. The topological polar surface area (TPSA) is 107 Å². The van der Waals surface area contributed by atoms with Gasteiger partial charge in [0.05, 0.1) is 24.4 Å². The van der Waals surface area contributed by atoms with Crippen LogP contribution in [-0.4, -0.2) is 154 Å². The maximum absolute atomic E-state index is 10.8. The minimum atomic E-state index is -0.462. The Morgan fingerprint density at radius 2 is 1.11 bits per heavy atom. The molecule has 1 aromatic rings. The molecule has 2 rings (SSSR count). The van der Waals surface area contributed by atoms with Crippen molar-refractivity contribution in [3.05, 3.63) is 24.4 Å². The zero-order chi connectivity index (χ0) is 26.3. The Balaban J connectivity index is 1.99. The van der Waals surface area contributed by atoms with Crippen molar-refractivity contribution in [2.75, 3.05) is 84.3 Å². The first-order valence-electron chi connectivity index (χ1n) is 13.0. The lowest BCUT2D eigenvalue weighted by Crippen LogP contribution is -2.49. The van der Waals surface area contributed by atoms with Crippen molar-refractivity contribution in [3.63, 3.8) is 0 Å². The van der Waals surface area contributed by atoms with Gasteiger partial charge >= 0.3 is 0 Å². The minimum absolute atomic E-state index is 0.404. The molecule has 4 N–H and O–H groups in total. The van der Waals surface area contributed by atoms with Crippen molar-refractivity contribution >= 4 is 21.6 Å². The molecule has 0 amide bonds. The highest BCUT2D eigenvalue weighted by Gasteiger charge is 2.20. The van der Waals surface area contributed by atoms with Gasteiger partial charge in [0.1, 0.15) is 5.03 Å². The van der Waals surface area contributed by atoms with E-state index in [0.29, 0.717) is 31.9 Å². The quantitative estimate of drug-likeness (QED) is 0.277. The highest BCUT2D eigenvalue weighted by molar-refractivity contribution is 8.76. The monoisotopic (exact) mass is 545 g/mol. The summed E-state index contributed by atoms with van der Waals surface area (Å²) in [5.74, 6) is 0.612. The van der Waals surface area contributed by atoms with Crippen LogP contribution in [-0.2, 0) is 0 Å². The Hall–Kier alpha value is -0.470. The Morgan fingerprint density at radius 1 is 0.694 bits per heavy atom. The molecule has 0 saturated carbocycles. The van der Waals surface area contributed by atoms with Gasteiger partial charge in [-0.2, -0.15) is 0 Å². The van der Waals surface area contributed by atoms with Crippen LogP contribution in [0.25, 0.3) is 0 Å². The number of pyridine rings is 1. The lowest BCUT2D eigenvalue weighted by Gasteiger charge is -2.35. The van der Waals surface area contributed by atoms with Crippen LogP contribution in [0.2, 0.25) is 0 Å². The van der Waals surface area contributed by atoms with E-state index in [2.05, 4.69) is 24.6 Å². The standard InChI is InChI=1S/C25H47N5O4S2/c1-21(31)16-27-8-10-28(17-22(2)32)12-14-30(15-13-29(11-9-27)18-23(3)33)19-24(34)20-35-36-25-6-4-5-7-26-25/h4-7,21-24,31-34H,8-20H2,1-3H3/t21-,22-,23-,24+/m0/s1. The third-order valence-electron chi connectivity index (χ3n) is 6.01. The van der Waals surface area contributed by atoms with E-state index in [1.54, 1.807) is 27.8 Å². The van der Waals surface area contributed by atoms with Crippen molar-refractivity contribution in [1.82, 2.24) is 24.6 Å². The molecule has 36 heavy (non-hydrogen) atoms. The van der Waals surface area contributed by atoms with Gasteiger partial charge in [-0.1, -0.05) is 16.9 Å². The molecule has 0 bridgehead atoms. The molecule has 11 heteroatoms. The third-order valence-corrected chi connectivity index (χ3v) is 8.33. The highest BCUT2D eigenvalue weighted by atomic mass is 33.1. The highest BCUT2D eigenvalue weighted by Crippen LogP contribution is 2.29. The van der Waals surface area contributed by atoms with Gasteiger partial charge in [0, 0.05) is 90.5 Å². The summed E-state index contributed by atoms with van der Waals surface area (Å²) < 4.78 is 0. The molecule has 0 aromatic carbocycles. The number of nitrogens with zero attached hydrogens (tertiary/aromatic N) is 5. The van der Waals surface area contributed by atoms with Gasteiger partial charge in [0.15, 0.2) is 0 Å². The average Bonchev–Trinajstić information content (AvgIpc) is 2.80. The van der Waals surface area contributed by atoms with E-state index in [4.69, 9.17) is 0 Å². The Labute approximate surface area is 225 Å². The van der Waals surface area contributed by atoms with Gasteiger partial charge < -0.3 is 20.4 Å². The van der Waals surface area contributed by atoms with E-state index >= 15 is 0 Å². The number of hydrogen-bond acceptors (Lipinski definition) is 11. The average molecular weight is 546 g/mol. The van der Waals surface area contributed by atoms with Gasteiger partial charge in [0.25, 0.3) is 0 Å². The van der Waals surface area contributed by atoms with Gasteiger partial charge in [-0.3, -0.25) is 19.6 Å². The fourth-order valence-corrected chi connectivity index (χ4v) is 6.37. The molecule has 1 fully saturated rings. The molecule has 0 aliphatic carbocycles. The molecule has 9 nitrogen and oxygen atoms in total. The predicted molar refractivity (Wildman–Crippen MR) is 149 cm³/mol. The van der Waals surface area contributed by atoms with E-state index in [-0.39, 0.29) is 0 Å². The number of aromatic nitrogens is 1. The van der Waals surface area contributed by atoms with Crippen LogP contribution in [0.5, 0.6) is 0 Å². The minimum Gasteiger partial charge on any atom is -0.392 e. The Morgan fingerprint density at radius 3 is 1.47 bits per heavy atom. The summed E-state index contributed by atoms with van der Waals surface area (Å²) in [7, 11) is 3.19. The summed E-state index contributed by atoms with van der Waals surface area (Å²) in [5.41, 5.74) is 0. The fraction of sp³-hybridized carbons (Fsp3) is 0.800. The second-order valence-corrected chi connectivity index (χ2v) is 12.3. The van der Waals surface area contributed by atoms with Gasteiger partial charge in [-0.05, 0) is 43.7 Å². The molecule has 1 saturated heterocycles. The molecule has 2 heterocycles. The van der Waals surface area contributed by atoms with E-state index in [1.807, 2.05) is 39.0 Å². The van der Waals surface area contributed by atoms with Gasteiger partial charge in [-0.15, -0.1) is 0 Å². The van der Waals surface area contributed by atoms with Gasteiger partial charge in [0.2, 0.25) is 0 Å². The summed E-state index contributed by atoms with van der Waals surface area (Å²) in [6.07, 6.45) is 0.0832. The molecule has 1 aliphatic rings. The summed E-state index contributed by atoms with van der Waals surface area (Å²) in [6.45, 7) is 14.2. The van der Waals surface area contributed by atoms with Crippen LogP contribution >= 0.6 is 21.6 Å². The van der Waals surface area contributed by atoms with E-state index in [1.165, 1.54) is 0 Å². The number of aliphatic hydroxyl groups excluding tert-OH is 4. The molecule has 208 valence electrons. The molecular formula is C25H47N5O4S2. The first-order valence-corrected chi connectivity index (χ1v) is 15.3. The lowest BCUT2D eigenvalue weighted by atomic mass is 10.2. The van der Waals surface area contributed by atoms with Crippen LogP contribution in [0, 0.1) is 0 Å². The van der Waals surface area contributed by atoms with Crippen molar-refractivity contribution in [3.8, 4) is 0 Å². The van der Waals surface area contributed by atoms with Crippen LogP contribution in [0.15, 0.2) is 29.4 Å². The van der Waals surface area contributed by atoms with Crippen molar-refractivity contribution in [1.29, 1.82) is 0 Å². The molecule has 4 atom stereocenters. The van der Waals surface area contributed by atoms with E-state index in [0.717, 1.165) is 57.4 Å². The largest absolute Gasteiger partial charge is 0.392 e. The van der Waals surface area contributed by atoms with Crippen molar-refractivity contribution in [2.24, 2.45) is 0 Å². The summed E-state index contributed by atoms with van der Waals surface area (Å²) >= 11 is 0. The normalized spacial score (nSPS) is 21.9. The maximum atomic E-state index is 10.8. The van der Waals surface area contributed by atoms with Gasteiger partial charge in [-0.25, -0.2) is 4.98 Å². The smallest absolute Gasteiger partial charge is 0.106 e. The SMILES string of the molecule is C[C@H](O)CN1CCN(C[C@@H](O)CSSc2ccccn2)CCN(C[C@H](C)O)CCN(C[C@H](C)O)CC1. The number of aliphatic hydroxyl groups is 4. The van der Waals surface area contributed by atoms with Crippen LogP contribution in [0.1, 0.15) is 20.8 Å². The van der Waals surface area contributed by atoms with Crippen molar-refractivity contribution < 1.29 is 20.4 Å². The van der Waals surface area contributed by atoms with Crippen LogP contribution in [0.4, 0.5) is 0 Å². The Bertz CT molecular complexity index is 664. The van der Waals surface area contributed by atoms with E-state index < -0.39 is 24.4 Å². The maximum Gasteiger partial charge on any atom is 0.106 e.